The van der Waals surface area contributed by atoms with E-state index in [1.165, 1.54) is 13.1 Å². The second kappa shape index (κ2) is 9.09. The summed E-state index contributed by atoms with van der Waals surface area (Å²) >= 11 is 0. The number of carbonyl (C=O) groups excluding carboxylic acids is 1. The van der Waals surface area contributed by atoms with Gasteiger partial charge in [0.05, 0.1) is 6.26 Å². The largest absolute Gasteiger partial charge is 0.352 e. The van der Waals surface area contributed by atoms with Crippen molar-refractivity contribution in [1.29, 1.82) is 0 Å². The minimum atomic E-state index is -3.99. The third-order valence-corrected chi connectivity index (χ3v) is 7.41. The summed E-state index contributed by atoms with van der Waals surface area (Å²) in [5.41, 5.74) is -0.172. The highest BCUT2D eigenvalue weighted by molar-refractivity contribution is 7.89. The molecule has 1 aromatic heterocycles. The summed E-state index contributed by atoms with van der Waals surface area (Å²) in [6.45, 7) is 7.31. The monoisotopic (exact) mass is 529 g/mol. The van der Waals surface area contributed by atoms with E-state index in [4.69, 9.17) is 0 Å². The Balaban J connectivity index is 2.04. The Kier molecular flexibility index (Phi) is 6.52. The first-order valence-corrected chi connectivity index (χ1v) is 13.6. The van der Waals surface area contributed by atoms with Crippen LogP contribution < -0.4 is 15.2 Å². The van der Waals surface area contributed by atoms with E-state index in [0.717, 1.165) is 30.0 Å². The molecular formula is C27H29F2N3O4S. The van der Waals surface area contributed by atoms with Crippen LogP contribution in [0.3, 0.4) is 0 Å². The van der Waals surface area contributed by atoms with E-state index in [-0.39, 0.29) is 23.1 Å². The van der Waals surface area contributed by atoms with Crippen LogP contribution in [0.2, 0.25) is 0 Å². The number of hydrogen-bond donors (Lipinski definition) is 2. The maximum atomic E-state index is 14.8. The normalized spacial score (nSPS) is 19.5. The van der Waals surface area contributed by atoms with Crippen molar-refractivity contribution in [2.45, 2.75) is 51.1 Å². The number of hydrogen-bond acceptors (Lipinski definition) is 5. The van der Waals surface area contributed by atoms with E-state index < -0.39 is 44.6 Å². The molecule has 1 amide bonds. The molecule has 0 fully saturated rings. The SMILES string of the molecule is CC(C)(C)c1ccc2c(c1)C(c1ccc[nH]c1=O)C(C)(C(=O)NS(C)(=O)=O)N2Cc1cc(F)ccc1F. The number of carbonyl (C=O) groups is 1. The zero-order chi connectivity index (χ0) is 27.3. The molecule has 0 saturated heterocycles. The van der Waals surface area contributed by atoms with Gasteiger partial charge in [0.2, 0.25) is 10.0 Å². The van der Waals surface area contributed by atoms with Gasteiger partial charge in [-0.15, -0.1) is 0 Å². The zero-order valence-corrected chi connectivity index (χ0v) is 22.0. The number of nitrogens with one attached hydrogen (secondary N) is 2. The Morgan fingerprint density at radius 1 is 1.11 bits per heavy atom. The van der Waals surface area contributed by atoms with Crippen LogP contribution in [0.25, 0.3) is 0 Å². The highest BCUT2D eigenvalue weighted by Gasteiger charge is 2.55. The number of pyridine rings is 1. The maximum absolute atomic E-state index is 14.8. The van der Waals surface area contributed by atoms with Gasteiger partial charge < -0.3 is 9.88 Å². The van der Waals surface area contributed by atoms with Gasteiger partial charge >= 0.3 is 0 Å². The van der Waals surface area contributed by atoms with E-state index in [9.17, 15) is 26.8 Å². The number of aromatic nitrogens is 1. The second-order valence-corrected chi connectivity index (χ2v) is 12.3. The molecule has 2 unspecified atom stereocenters. The number of nitrogens with zero attached hydrogens (tertiary/aromatic N) is 1. The van der Waals surface area contributed by atoms with Crippen molar-refractivity contribution >= 4 is 21.6 Å². The molecular weight excluding hydrogens is 500 g/mol. The molecule has 10 heteroatoms. The molecule has 1 aliphatic heterocycles. The van der Waals surface area contributed by atoms with Crippen LogP contribution in [0.1, 0.15) is 55.9 Å². The lowest BCUT2D eigenvalue weighted by Crippen LogP contribution is -2.58. The molecule has 7 nitrogen and oxygen atoms in total. The summed E-state index contributed by atoms with van der Waals surface area (Å²) in [4.78, 5) is 31.0. The number of H-pyrrole nitrogens is 1. The van der Waals surface area contributed by atoms with E-state index in [0.29, 0.717) is 11.3 Å². The number of anilines is 1. The Morgan fingerprint density at radius 2 is 1.81 bits per heavy atom. The van der Waals surface area contributed by atoms with Gasteiger partial charge in [-0.2, -0.15) is 0 Å². The molecule has 0 saturated carbocycles. The van der Waals surface area contributed by atoms with Crippen LogP contribution in [0.15, 0.2) is 59.5 Å². The standard InChI is InChI=1S/C27H29F2N3O4S/c1-26(2,3)17-8-11-22-20(14-17)23(19-7-6-12-30-24(19)33)27(4,25(34)31-37(5,35)36)32(22)15-16-13-18(28)9-10-21(16)29/h6-14,23H,15H2,1-5H3,(H,30,33)(H,31,34). The molecule has 4 rings (SSSR count). The summed E-state index contributed by atoms with van der Waals surface area (Å²) in [6, 6.07) is 11.8. The Bertz CT molecular complexity index is 1550. The molecule has 3 aromatic rings. The van der Waals surface area contributed by atoms with Gasteiger partial charge in [-0.25, -0.2) is 17.2 Å². The Labute approximate surface area is 214 Å². The van der Waals surface area contributed by atoms with Crippen molar-refractivity contribution < 1.29 is 22.0 Å². The lowest BCUT2D eigenvalue weighted by Gasteiger charge is -2.39. The minimum Gasteiger partial charge on any atom is -0.352 e. The van der Waals surface area contributed by atoms with Crippen LogP contribution in [-0.4, -0.2) is 31.1 Å². The summed E-state index contributed by atoms with van der Waals surface area (Å²) in [5.74, 6) is -3.15. The van der Waals surface area contributed by atoms with Crippen molar-refractivity contribution in [3.8, 4) is 0 Å². The molecule has 0 radical (unpaired) electrons. The first kappa shape index (κ1) is 26.5. The highest BCUT2D eigenvalue weighted by atomic mass is 32.2. The van der Waals surface area contributed by atoms with Gasteiger partial charge in [-0.3, -0.25) is 14.3 Å². The van der Waals surface area contributed by atoms with Gasteiger partial charge in [0.1, 0.15) is 17.2 Å². The van der Waals surface area contributed by atoms with Gasteiger partial charge in [0.15, 0.2) is 0 Å². The van der Waals surface area contributed by atoms with Crippen LogP contribution in [0.5, 0.6) is 0 Å². The predicted octanol–water partition coefficient (Wildman–Crippen LogP) is 3.94. The number of benzene rings is 2. The first-order chi connectivity index (χ1) is 17.1. The minimum absolute atomic E-state index is 0.0214. The highest BCUT2D eigenvalue weighted by Crippen LogP contribution is 2.52. The third-order valence-electron chi connectivity index (χ3n) is 6.85. The fourth-order valence-corrected chi connectivity index (χ4v) is 5.49. The molecule has 1 aliphatic rings. The summed E-state index contributed by atoms with van der Waals surface area (Å²) in [5, 5.41) is 0. The van der Waals surface area contributed by atoms with Gasteiger partial charge in [-0.1, -0.05) is 39.0 Å². The van der Waals surface area contributed by atoms with E-state index in [2.05, 4.69) is 9.71 Å². The van der Waals surface area contributed by atoms with Crippen molar-refractivity contribution in [1.82, 2.24) is 9.71 Å². The predicted molar refractivity (Wildman–Crippen MR) is 138 cm³/mol. The molecule has 196 valence electrons. The van der Waals surface area contributed by atoms with E-state index >= 15 is 0 Å². The summed E-state index contributed by atoms with van der Waals surface area (Å²) in [6.07, 6.45) is 2.32. The van der Waals surface area contributed by atoms with Crippen LogP contribution in [0, 0.1) is 11.6 Å². The quantitative estimate of drug-likeness (QED) is 0.522. The van der Waals surface area contributed by atoms with Gasteiger partial charge in [-0.05, 0) is 53.8 Å². The van der Waals surface area contributed by atoms with E-state index in [1.807, 2.05) is 32.9 Å². The Morgan fingerprint density at radius 3 is 2.43 bits per heavy atom. The lowest BCUT2D eigenvalue weighted by molar-refractivity contribution is -0.124. The molecule has 37 heavy (non-hydrogen) atoms. The van der Waals surface area contributed by atoms with Crippen molar-refractivity contribution in [3.63, 3.8) is 0 Å². The molecule has 2 heterocycles. The number of fused-ring (bicyclic) bond motifs is 1. The number of halogens is 2. The van der Waals surface area contributed by atoms with Crippen molar-refractivity contribution in [2.24, 2.45) is 0 Å². The fraction of sp³-hybridized carbons (Fsp3) is 0.333. The third kappa shape index (κ3) is 4.90. The number of amides is 1. The topological polar surface area (TPSA) is 99.3 Å². The molecule has 2 atom stereocenters. The first-order valence-electron chi connectivity index (χ1n) is 11.7. The molecule has 0 spiro atoms. The second-order valence-electron chi connectivity index (χ2n) is 10.6. The average molecular weight is 530 g/mol. The fourth-order valence-electron chi connectivity index (χ4n) is 4.95. The van der Waals surface area contributed by atoms with E-state index in [1.54, 1.807) is 23.1 Å². The zero-order valence-electron chi connectivity index (χ0n) is 21.2. The van der Waals surface area contributed by atoms with Crippen LogP contribution in [0.4, 0.5) is 14.5 Å². The molecule has 2 aromatic carbocycles. The van der Waals surface area contributed by atoms with Gasteiger partial charge in [0.25, 0.3) is 11.5 Å². The van der Waals surface area contributed by atoms with Crippen molar-refractivity contribution in [3.05, 3.63) is 99.0 Å². The van der Waals surface area contributed by atoms with Crippen molar-refractivity contribution in [2.75, 3.05) is 11.2 Å². The average Bonchev–Trinajstić information content (AvgIpc) is 3.03. The number of sulfonamides is 1. The molecule has 0 aliphatic carbocycles. The Hall–Kier alpha value is -3.53. The molecule has 2 N–H and O–H groups in total. The smallest absolute Gasteiger partial charge is 0.260 e. The lowest BCUT2D eigenvalue weighted by atomic mass is 9.77. The van der Waals surface area contributed by atoms with Crippen LogP contribution >= 0.6 is 0 Å². The maximum Gasteiger partial charge on any atom is 0.260 e. The number of aromatic amines is 1. The van der Waals surface area contributed by atoms with Gasteiger partial charge in [0, 0.05) is 35.5 Å². The number of rotatable bonds is 5. The summed E-state index contributed by atoms with van der Waals surface area (Å²) in [7, 11) is -3.99. The molecule has 0 bridgehead atoms. The summed E-state index contributed by atoms with van der Waals surface area (Å²) < 4.78 is 55.2. The van der Waals surface area contributed by atoms with Crippen LogP contribution in [-0.2, 0) is 26.8 Å².